The van der Waals surface area contributed by atoms with Crippen molar-refractivity contribution in [1.29, 1.82) is 0 Å². The van der Waals surface area contributed by atoms with Gasteiger partial charge in [0.2, 0.25) is 0 Å². The molecule has 0 aliphatic heterocycles. The Kier molecular flexibility index (Phi) is 2.71. The second-order valence-corrected chi connectivity index (χ2v) is 4.29. The third-order valence-corrected chi connectivity index (χ3v) is 2.85. The van der Waals surface area contributed by atoms with E-state index in [0.717, 1.165) is 15.8 Å². The molecule has 2 aromatic rings. The van der Waals surface area contributed by atoms with Crippen molar-refractivity contribution in [3.05, 3.63) is 23.8 Å². The molecule has 0 radical (unpaired) electrons. The van der Waals surface area contributed by atoms with Crippen molar-refractivity contribution >= 4 is 42.6 Å². The monoisotopic (exact) mass is 266 g/mol. The Bertz CT molecular complexity index is 522. The van der Waals surface area contributed by atoms with Crippen LogP contribution in [0.3, 0.4) is 0 Å². The first-order valence-electron chi connectivity index (χ1n) is 4.00. The van der Waals surface area contributed by atoms with Gasteiger partial charge in [-0.1, -0.05) is 39.1 Å². The number of aromatic nitrogens is 1. The maximum absolute atomic E-state index is 5.60. The van der Waals surface area contributed by atoms with Gasteiger partial charge in [0.25, 0.3) is 0 Å². The van der Waals surface area contributed by atoms with Crippen molar-refractivity contribution in [2.24, 2.45) is 0 Å². The molecule has 1 aromatic heterocycles. The van der Waals surface area contributed by atoms with Gasteiger partial charge >= 0.3 is 0 Å². The Hall–Kier alpha value is -1.05. The van der Waals surface area contributed by atoms with Crippen molar-refractivity contribution in [1.82, 2.24) is 4.98 Å². The van der Waals surface area contributed by atoms with Crippen LogP contribution in [0.4, 0.5) is 5.13 Å². The molecule has 2 rings (SSSR count). The van der Waals surface area contributed by atoms with Gasteiger partial charge in [0.1, 0.15) is 0 Å². The van der Waals surface area contributed by atoms with Crippen molar-refractivity contribution in [3.63, 3.8) is 0 Å². The summed E-state index contributed by atoms with van der Waals surface area (Å²) in [5.74, 6) is 5.97. The highest BCUT2D eigenvalue weighted by Gasteiger charge is 2.00. The molecule has 14 heavy (non-hydrogen) atoms. The van der Waals surface area contributed by atoms with E-state index in [1.165, 1.54) is 11.3 Å². The SMILES string of the molecule is Nc1nc2cc(C#CCBr)ccc2s1. The number of nitrogens with zero attached hydrogens (tertiary/aromatic N) is 1. The fraction of sp³-hybridized carbons (Fsp3) is 0.100. The second-order valence-electron chi connectivity index (χ2n) is 2.67. The standard InChI is InChI=1S/C10H7BrN2S/c11-5-1-2-7-3-4-9-8(6-7)13-10(12)14-9/h3-4,6H,5H2,(H2,12,13). The highest BCUT2D eigenvalue weighted by molar-refractivity contribution is 9.09. The van der Waals surface area contributed by atoms with Crippen LogP contribution < -0.4 is 5.73 Å². The molecule has 2 nitrogen and oxygen atoms in total. The molecule has 70 valence electrons. The topological polar surface area (TPSA) is 38.9 Å². The average molecular weight is 267 g/mol. The fourth-order valence-electron chi connectivity index (χ4n) is 1.16. The minimum absolute atomic E-state index is 0.602. The lowest BCUT2D eigenvalue weighted by Crippen LogP contribution is -1.79. The van der Waals surface area contributed by atoms with Crippen molar-refractivity contribution in [3.8, 4) is 11.8 Å². The summed E-state index contributed by atoms with van der Waals surface area (Å²) >= 11 is 4.75. The van der Waals surface area contributed by atoms with Gasteiger partial charge < -0.3 is 5.73 Å². The molecule has 0 fully saturated rings. The van der Waals surface area contributed by atoms with Gasteiger partial charge in [-0.25, -0.2) is 4.98 Å². The molecule has 1 heterocycles. The molecule has 0 spiro atoms. The molecule has 0 bridgehead atoms. The molecule has 1 aromatic carbocycles. The summed E-state index contributed by atoms with van der Waals surface area (Å²) in [6.45, 7) is 0. The number of halogens is 1. The number of alkyl halides is 1. The number of hydrogen-bond acceptors (Lipinski definition) is 3. The van der Waals surface area contributed by atoms with Gasteiger partial charge in [-0.3, -0.25) is 0 Å². The highest BCUT2D eigenvalue weighted by atomic mass is 79.9. The van der Waals surface area contributed by atoms with E-state index in [1.807, 2.05) is 18.2 Å². The molecule has 0 saturated carbocycles. The van der Waals surface area contributed by atoms with Crippen LogP contribution in [0.25, 0.3) is 10.2 Å². The number of fused-ring (bicyclic) bond motifs is 1. The zero-order chi connectivity index (χ0) is 9.97. The first-order valence-corrected chi connectivity index (χ1v) is 5.94. The summed E-state index contributed by atoms with van der Waals surface area (Å²) in [5, 5.41) is 1.29. The maximum atomic E-state index is 5.60. The predicted octanol–water partition coefficient (Wildman–Crippen LogP) is 2.62. The molecule has 0 saturated heterocycles. The minimum Gasteiger partial charge on any atom is -0.375 e. The van der Waals surface area contributed by atoms with Crippen molar-refractivity contribution in [2.75, 3.05) is 11.1 Å². The molecular weight excluding hydrogens is 260 g/mol. The van der Waals surface area contributed by atoms with Crippen LogP contribution >= 0.6 is 27.3 Å². The zero-order valence-corrected chi connectivity index (χ0v) is 9.65. The van der Waals surface area contributed by atoms with Crippen LogP contribution in [0.5, 0.6) is 0 Å². The van der Waals surface area contributed by atoms with Crippen LogP contribution in [0, 0.1) is 11.8 Å². The average Bonchev–Trinajstić information content (AvgIpc) is 2.54. The van der Waals surface area contributed by atoms with E-state index in [2.05, 4.69) is 32.8 Å². The highest BCUT2D eigenvalue weighted by Crippen LogP contribution is 2.23. The number of benzene rings is 1. The summed E-state index contributed by atoms with van der Waals surface area (Å²) in [7, 11) is 0. The van der Waals surface area contributed by atoms with E-state index in [4.69, 9.17) is 5.73 Å². The Morgan fingerprint density at radius 2 is 2.36 bits per heavy atom. The lowest BCUT2D eigenvalue weighted by Gasteiger charge is -1.89. The lowest BCUT2D eigenvalue weighted by molar-refractivity contribution is 1.49. The Labute approximate surface area is 94.3 Å². The second kappa shape index (κ2) is 3.99. The summed E-state index contributed by atoms with van der Waals surface area (Å²) in [6.07, 6.45) is 0. The predicted molar refractivity (Wildman–Crippen MR) is 64.7 cm³/mol. The lowest BCUT2D eigenvalue weighted by atomic mass is 10.2. The molecule has 0 unspecified atom stereocenters. The molecule has 2 N–H and O–H groups in total. The van der Waals surface area contributed by atoms with E-state index < -0.39 is 0 Å². The van der Waals surface area contributed by atoms with E-state index in [0.29, 0.717) is 10.5 Å². The van der Waals surface area contributed by atoms with Crippen molar-refractivity contribution < 1.29 is 0 Å². The Balaban J connectivity index is 2.50. The number of nitrogens with two attached hydrogens (primary N) is 1. The number of rotatable bonds is 0. The van der Waals surface area contributed by atoms with Gasteiger partial charge in [0, 0.05) is 5.56 Å². The fourth-order valence-corrected chi connectivity index (χ4v) is 2.01. The maximum Gasteiger partial charge on any atom is 0.181 e. The summed E-state index contributed by atoms with van der Waals surface area (Å²) in [6, 6.07) is 5.94. The summed E-state index contributed by atoms with van der Waals surface area (Å²) in [4.78, 5) is 4.20. The van der Waals surface area contributed by atoms with Gasteiger partial charge in [-0.2, -0.15) is 0 Å². The third-order valence-electron chi connectivity index (χ3n) is 1.70. The Morgan fingerprint density at radius 3 is 3.14 bits per heavy atom. The van der Waals surface area contributed by atoms with Crippen LogP contribution in [0.2, 0.25) is 0 Å². The minimum atomic E-state index is 0.602. The van der Waals surface area contributed by atoms with E-state index >= 15 is 0 Å². The van der Waals surface area contributed by atoms with Gasteiger partial charge in [-0.15, -0.1) is 0 Å². The van der Waals surface area contributed by atoms with Crippen LogP contribution in [0.15, 0.2) is 18.2 Å². The van der Waals surface area contributed by atoms with Crippen LogP contribution in [-0.4, -0.2) is 10.3 Å². The number of thiazole rings is 1. The van der Waals surface area contributed by atoms with Gasteiger partial charge in [0.15, 0.2) is 5.13 Å². The number of nitrogen functional groups attached to an aromatic ring is 1. The van der Waals surface area contributed by atoms with E-state index in [-0.39, 0.29) is 0 Å². The van der Waals surface area contributed by atoms with Crippen LogP contribution in [0.1, 0.15) is 5.56 Å². The number of hydrogen-bond donors (Lipinski definition) is 1. The molecule has 0 aliphatic rings. The molecule has 0 atom stereocenters. The quantitative estimate of drug-likeness (QED) is 0.588. The first kappa shape index (κ1) is 9.50. The number of anilines is 1. The van der Waals surface area contributed by atoms with E-state index in [9.17, 15) is 0 Å². The van der Waals surface area contributed by atoms with Gasteiger partial charge in [0.05, 0.1) is 15.5 Å². The zero-order valence-electron chi connectivity index (χ0n) is 7.25. The molecular formula is C10H7BrN2S. The largest absolute Gasteiger partial charge is 0.375 e. The van der Waals surface area contributed by atoms with Gasteiger partial charge in [-0.05, 0) is 18.2 Å². The Morgan fingerprint density at radius 1 is 1.50 bits per heavy atom. The normalized spacial score (nSPS) is 9.79. The van der Waals surface area contributed by atoms with Crippen LogP contribution in [-0.2, 0) is 0 Å². The third kappa shape index (κ3) is 1.89. The van der Waals surface area contributed by atoms with Crippen molar-refractivity contribution in [2.45, 2.75) is 0 Å². The first-order chi connectivity index (χ1) is 6.79. The summed E-state index contributed by atoms with van der Waals surface area (Å²) in [5.41, 5.74) is 7.50. The molecule has 0 aliphatic carbocycles. The smallest absolute Gasteiger partial charge is 0.181 e. The summed E-state index contributed by atoms with van der Waals surface area (Å²) < 4.78 is 1.10. The molecule has 4 heteroatoms. The van der Waals surface area contributed by atoms with E-state index in [1.54, 1.807) is 0 Å². The molecule has 0 amide bonds.